The lowest BCUT2D eigenvalue weighted by Gasteiger charge is -2.02. The molecule has 1 N–H and O–H groups in total. The van der Waals surface area contributed by atoms with Gasteiger partial charge in [0.15, 0.2) is 0 Å². The maximum Gasteiger partial charge on any atom is 0.271 e. The van der Waals surface area contributed by atoms with E-state index in [1.807, 2.05) is 0 Å². The zero-order valence-corrected chi connectivity index (χ0v) is 7.84. The molecule has 0 aromatic heterocycles. The van der Waals surface area contributed by atoms with Crippen LogP contribution in [-0.2, 0) is 5.88 Å². The molecule has 1 aromatic rings. The summed E-state index contributed by atoms with van der Waals surface area (Å²) in [5.41, 5.74) is 0.0688. The van der Waals surface area contributed by atoms with E-state index in [9.17, 15) is 15.2 Å². The quantitative estimate of drug-likeness (QED) is 0.475. The van der Waals surface area contributed by atoms with E-state index in [-0.39, 0.29) is 27.9 Å². The Morgan fingerprint density at radius 2 is 2.15 bits per heavy atom. The Labute approximate surface area is 83.9 Å². The molecule has 0 heterocycles. The fourth-order valence-corrected chi connectivity index (χ4v) is 1.28. The monoisotopic (exact) mass is 221 g/mol. The van der Waals surface area contributed by atoms with Crippen molar-refractivity contribution in [3.63, 3.8) is 0 Å². The maximum absolute atomic E-state index is 10.4. The predicted octanol–water partition coefficient (Wildman–Crippen LogP) is 2.69. The Kier molecular flexibility index (Phi) is 2.95. The van der Waals surface area contributed by atoms with E-state index in [0.717, 1.165) is 6.07 Å². The number of aromatic hydroxyl groups is 1. The van der Waals surface area contributed by atoms with Gasteiger partial charge in [0.1, 0.15) is 5.75 Å². The zero-order valence-electron chi connectivity index (χ0n) is 6.33. The zero-order chi connectivity index (χ0) is 10.0. The fraction of sp³-hybridized carbons (Fsp3) is 0.143. The van der Waals surface area contributed by atoms with Crippen molar-refractivity contribution in [2.24, 2.45) is 0 Å². The van der Waals surface area contributed by atoms with Gasteiger partial charge in [0, 0.05) is 17.7 Å². The van der Waals surface area contributed by atoms with Gasteiger partial charge in [-0.25, -0.2) is 0 Å². The lowest BCUT2D eigenvalue weighted by molar-refractivity contribution is -0.384. The highest BCUT2D eigenvalue weighted by atomic mass is 35.5. The minimum Gasteiger partial charge on any atom is -0.506 e. The van der Waals surface area contributed by atoms with Gasteiger partial charge < -0.3 is 5.11 Å². The molecule has 13 heavy (non-hydrogen) atoms. The predicted molar refractivity (Wildman–Crippen MR) is 49.3 cm³/mol. The van der Waals surface area contributed by atoms with Crippen LogP contribution in [0.25, 0.3) is 0 Å². The number of rotatable bonds is 2. The summed E-state index contributed by atoms with van der Waals surface area (Å²) in [5.74, 6) is -0.227. The third kappa shape index (κ3) is 2.02. The van der Waals surface area contributed by atoms with Gasteiger partial charge in [-0.3, -0.25) is 10.1 Å². The first-order valence-corrected chi connectivity index (χ1v) is 4.19. The topological polar surface area (TPSA) is 63.4 Å². The molecule has 6 heteroatoms. The molecule has 0 radical (unpaired) electrons. The van der Waals surface area contributed by atoms with E-state index in [4.69, 9.17) is 23.2 Å². The van der Waals surface area contributed by atoms with Crippen molar-refractivity contribution in [1.82, 2.24) is 0 Å². The van der Waals surface area contributed by atoms with Gasteiger partial charge in [0.2, 0.25) is 0 Å². The Hall–Kier alpha value is -1.00. The lowest BCUT2D eigenvalue weighted by atomic mass is 10.2. The molecule has 0 saturated heterocycles. The van der Waals surface area contributed by atoms with Gasteiger partial charge in [-0.2, -0.15) is 0 Å². The van der Waals surface area contributed by atoms with E-state index < -0.39 is 4.92 Å². The molecule has 0 aliphatic rings. The highest BCUT2D eigenvalue weighted by Crippen LogP contribution is 2.32. The Morgan fingerprint density at radius 3 is 2.62 bits per heavy atom. The first-order chi connectivity index (χ1) is 6.06. The third-order valence-corrected chi connectivity index (χ3v) is 2.06. The van der Waals surface area contributed by atoms with Crippen LogP contribution in [0.5, 0.6) is 5.75 Å². The van der Waals surface area contributed by atoms with Crippen LogP contribution < -0.4 is 0 Å². The number of non-ortho nitro benzene ring substituents is 1. The number of nitrogens with zero attached hydrogens (tertiary/aromatic N) is 1. The van der Waals surface area contributed by atoms with Crippen molar-refractivity contribution in [2.75, 3.05) is 0 Å². The minimum absolute atomic E-state index is 0.0206. The first-order valence-electron chi connectivity index (χ1n) is 3.28. The summed E-state index contributed by atoms with van der Waals surface area (Å²) in [7, 11) is 0. The molecule has 0 bridgehead atoms. The molecule has 0 fully saturated rings. The van der Waals surface area contributed by atoms with Gasteiger partial charge in [0.05, 0.1) is 15.8 Å². The first kappa shape index (κ1) is 10.1. The summed E-state index contributed by atoms with van der Waals surface area (Å²) < 4.78 is 0. The van der Waals surface area contributed by atoms with E-state index in [0.29, 0.717) is 0 Å². The van der Waals surface area contributed by atoms with Gasteiger partial charge in [-0.15, -0.1) is 11.6 Å². The van der Waals surface area contributed by atoms with Gasteiger partial charge in [-0.1, -0.05) is 11.6 Å². The highest BCUT2D eigenvalue weighted by Gasteiger charge is 2.13. The molecule has 0 atom stereocenters. The molecular weight excluding hydrogens is 217 g/mol. The summed E-state index contributed by atoms with van der Waals surface area (Å²) in [4.78, 5) is 9.76. The van der Waals surface area contributed by atoms with Crippen LogP contribution in [0.2, 0.25) is 5.02 Å². The van der Waals surface area contributed by atoms with E-state index in [1.165, 1.54) is 6.07 Å². The van der Waals surface area contributed by atoms with Gasteiger partial charge in [0.25, 0.3) is 5.69 Å². The number of hydrogen-bond donors (Lipinski definition) is 1. The van der Waals surface area contributed by atoms with Crippen LogP contribution in [-0.4, -0.2) is 10.0 Å². The lowest BCUT2D eigenvalue weighted by Crippen LogP contribution is -1.90. The van der Waals surface area contributed by atoms with Crippen LogP contribution in [0.4, 0.5) is 5.69 Å². The molecule has 0 aliphatic heterocycles. The summed E-state index contributed by atoms with van der Waals surface area (Å²) >= 11 is 11.0. The highest BCUT2D eigenvalue weighted by molar-refractivity contribution is 6.32. The number of nitro benzene ring substituents is 1. The average Bonchev–Trinajstić information content (AvgIpc) is 2.09. The number of phenols is 1. The van der Waals surface area contributed by atoms with Gasteiger partial charge >= 0.3 is 0 Å². The molecule has 0 aliphatic carbocycles. The summed E-state index contributed by atoms with van der Waals surface area (Å²) in [6, 6.07) is 2.27. The van der Waals surface area contributed by atoms with Crippen molar-refractivity contribution in [2.45, 2.75) is 5.88 Å². The van der Waals surface area contributed by atoms with Crippen molar-refractivity contribution in [3.8, 4) is 5.75 Å². The average molecular weight is 222 g/mol. The summed E-state index contributed by atoms with van der Waals surface area (Å²) in [5, 5.41) is 19.6. The van der Waals surface area contributed by atoms with E-state index in [2.05, 4.69) is 0 Å². The second kappa shape index (κ2) is 3.81. The molecule has 0 amide bonds. The maximum atomic E-state index is 10.4. The molecule has 4 nitrogen and oxygen atoms in total. The normalized spacial score (nSPS) is 10.0. The Bertz CT molecular complexity index is 354. The molecule has 0 spiro atoms. The van der Waals surface area contributed by atoms with Crippen LogP contribution in [0.3, 0.4) is 0 Å². The number of benzene rings is 1. The number of halogens is 2. The summed E-state index contributed by atoms with van der Waals surface area (Å²) in [6.45, 7) is 0. The number of alkyl halides is 1. The van der Waals surface area contributed by atoms with Crippen LogP contribution in [0.15, 0.2) is 12.1 Å². The van der Waals surface area contributed by atoms with Crippen molar-refractivity contribution >= 4 is 28.9 Å². The molecular formula is C7H5Cl2NO3. The minimum atomic E-state index is -0.596. The molecule has 0 unspecified atom stereocenters. The fourth-order valence-electron chi connectivity index (χ4n) is 0.847. The molecule has 1 rings (SSSR count). The van der Waals surface area contributed by atoms with Gasteiger partial charge in [-0.05, 0) is 0 Å². The smallest absolute Gasteiger partial charge is 0.271 e. The van der Waals surface area contributed by atoms with Crippen LogP contribution in [0.1, 0.15) is 5.56 Å². The van der Waals surface area contributed by atoms with Crippen molar-refractivity contribution < 1.29 is 10.0 Å². The number of phenolic OH excluding ortho intramolecular Hbond substituents is 1. The van der Waals surface area contributed by atoms with Crippen molar-refractivity contribution in [3.05, 3.63) is 32.8 Å². The van der Waals surface area contributed by atoms with Crippen LogP contribution >= 0.6 is 23.2 Å². The second-order valence-corrected chi connectivity index (χ2v) is 3.00. The standard InChI is InChI=1S/C7H5Cl2NO3/c8-3-4-1-5(10(12)13)2-6(9)7(4)11/h1-2,11H,3H2. The summed E-state index contributed by atoms with van der Waals surface area (Å²) in [6.07, 6.45) is 0. The molecule has 0 saturated carbocycles. The third-order valence-electron chi connectivity index (χ3n) is 1.48. The Balaban J connectivity index is 3.30. The van der Waals surface area contributed by atoms with E-state index >= 15 is 0 Å². The largest absolute Gasteiger partial charge is 0.506 e. The molecule has 1 aromatic carbocycles. The SMILES string of the molecule is O=[N+]([O-])c1cc(Cl)c(O)c(CCl)c1. The van der Waals surface area contributed by atoms with Crippen LogP contribution in [0, 0.1) is 10.1 Å². The second-order valence-electron chi connectivity index (χ2n) is 2.33. The van der Waals surface area contributed by atoms with E-state index in [1.54, 1.807) is 0 Å². The van der Waals surface area contributed by atoms with Crippen molar-refractivity contribution in [1.29, 1.82) is 0 Å². The number of hydrogen-bond acceptors (Lipinski definition) is 3. The number of nitro groups is 1. The Morgan fingerprint density at radius 1 is 1.54 bits per heavy atom. The molecule has 70 valence electrons.